The van der Waals surface area contributed by atoms with Crippen molar-refractivity contribution in [2.24, 2.45) is 5.73 Å². The van der Waals surface area contributed by atoms with Crippen LogP contribution in [0.2, 0.25) is 0 Å². The van der Waals surface area contributed by atoms with Crippen molar-refractivity contribution in [2.75, 3.05) is 17.2 Å². The number of benzene rings is 2. The van der Waals surface area contributed by atoms with Gasteiger partial charge in [0.2, 0.25) is 5.91 Å². The summed E-state index contributed by atoms with van der Waals surface area (Å²) in [5.41, 5.74) is 14.4. The average molecular weight is 269 g/mol. The van der Waals surface area contributed by atoms with Gasteiger partial charge in [-0.3, -0.25) is 4.79 Å². The summed E-state index contributed by atoms with van der Waals surface area (Å²) >= 11 is 0. The summed E-state index contributed by atoms with van der Waals surface area (Å²) in [6, 6.07) is 15.1. The van der Waals surface area contributed by atoms with Gasteiger partial charge in [-0.25, -0.2) is 0 Å². The average Bonchev–Trinajstić information content (AvgIpc) is 2.46. The van der Waals surface area contributed by atoms with Crippen LogP contribution in [0.4, 0.5) is 11.4 Å². The molecule has 0 heterocycles. The molecule has 0 aliphatic carbocycles. The number of primary amides is 1. The van der Waals surface area contributed by atoms with Crippen LogP contribution in [0.1, 0.15) is 22.8 Å². The molecule has 104 valence electrons. The number of rotatable bonds is 5. The molecule has 4 N–H and O–H groups in total. The van der Waals surface area contributed by atoms with E-state index in [0.717, 1.165) is 23.5 Å². The SMILES string of the molecule is CCN(Cc1ccccc1C(N)=O)c1ccc(N)cc1. The lowest BCUT2D eigenvalue weighted by Gasteiger charge is -2.24. The molecule has 0 aliphatic heterocycles. The Morgan fingerprint density at radius 3 is 2.35 bits per heavy atom. The second-order valence-electron chi connectivity index (χ2n) is 4.63. The number of amides is 1. The van der Waals surface area contributed by atoms with Crippen molar-refractivity contribution in [2.45, 2.75) is 13.5 Å². The third-order valence-corrected chi connectivity index (χ3v) is 3.28. The second kappa shape index (κ2) is 6.10. The minimum atomic E-state index is -0.394. The van der Waals surface area contributed by atoms with Crippen LogP contribution in [0.5, 0.6) is 0 Å². The number of nitrogens with two attached hydrogens (primary N) is 2. The Labute approximate surface area is 119 Å². The Kier molecular flexibility index (Phi) is 4.25. The fourth-order valence-electron chi connectivity index (χ4n) is 2.17. The van der Waals surface area contributed by atoms with Crippen LogP contribution in [-0.2, 0) is 6.54 Å². The van der Waals surface area contributed by atoms with Crippen molar-refractivity contribution in [3.8, 4) is 0 Å². The van der Waals surface area contributed by atoms with Gasteiger partial charge in [-0.1, -0.05) is 18.2 Å². The van der Waals surface area contributed by atoms with Crippen molar-refractivity contribution < 1.29 is 4.79 Å². The molecule has 0 aliphatic rings. The van der Waals surface area contributed by atoms with Crippen molar-refractivity contribution in [1.29, 1.82) is 0 Å². The van der Waals surface area contributed by atoms with Crippen LogP contribution < -0.4 is 16.4 Å². The zero-order valence-corrected chi connectivity index (χ0v) is 11.5. The first-order valence-corrected chi connectivity index (χ1v) is 6.60. The van der Waals surface area contributed by atoms with E-state index in [0.29, 0.717) is 12.1 Å². The van der Waals surface area contributed by atoms with E-state index >= 15 is 0 Å². The van der Waals surface area contributed by atoms with Gasteiger partial charge in [0.25, 0.3) is 0 Å². The lowest BCUT2D eigenvalue weighted by molar-refractivity contribution is 0.0999. The quantitative estimate of drug-likeness (QED) is 0.819. The maximum Gasteiger partial charge on any atom is 0.249 e. The number of hydrogen-bond acceptors (Lipinski definition) is 3. The molecule has 2 aromatic rings. The van der Waals surface area contributed by atoms with E-state index in [9.17, 15) is 4.79 Å². The molecule has 0 aromatic heterocycles. The highest BCUT2D eigenvalue weighted by molar-refractivity contribution is 5.94. The molecule has 0 radical (unpaired) electrons. The first kappa shape index (κ1) is 13.9. The predicted octanol–water partition coefficient (Wildman–Crippen LogP) is 2.39. The number of nitrogens with zero attached hydrogens (tertiary/aromatic N) is 1. The molecule has 4 heteroatoms. The molecular weight excluding hydrogens is 250 g/mol. The molecule has 0 unspecified atom stereocenters. The Balaban J connectivity index is 2.27. The molecule has 2 rings (SSSR count). The first-order valence-electron chi connectivity index (χ1n) is 6.60. The highest BCUT2D eigenvalue weighted by Gasteiger charge is 2.11. The summed E-state index contributed by atoms with van der Waals surface area (Å²) in [6.45, 7) is 3.54. The third-order valence-electron chi connectivity index (χ3n) is 3.28. The van der Waals surface area contributed by atoms with Gasteiger partial charge in [0.05, 0.1) is 0 Å². The van der Waals surface area contributed by atoms with Crippen LogP contribution in [0.25, 0.3) is 0 Å². The molecule has 1 amide bonds. The van der Waals surface area contributed by atoms with Crippen molar-refractivity contribution >= 4 is 17.3 Å². The molecule has 20 heavy (non-hydrogen) atoms. The highest BCUT2D eigenvalue weighted by atomic mass is 16.1. The molecule has 0 fully saturated rings. The Bertz CT molecular complexity index is 593. The summed E-state index contributed by atoms with van der Waals surface area (Å²) in [5.74, 6) is -0.394. The maximum atomic E-state index is 11.5. The van der Waals surface area contributed by atoms with Crippen LogP contribution in [0, 0.1) is 0 Å². The summed E-state index contributed by atoms with van der Waals surface area (Å²) in [7, 11) is 0. The second-order valence-corrected chi connectivity index (χ2v) is 4.63. The first-order chi connectivity index (χ1) is 9.61. The van der Waals surface area contributed by atoms with Gasteiger partial charge in [0.15, 0.2) is 0 Å². The number of anilines is 2. The van der Waals surface area contributed by atoms with Crippen molar-refractivity contribution in [3.63, 3.8) is 0 Å². The third kappa shape index (κ3) is 3.09. The van der Waals surface area contributed by atoms with Gasteiger partial charge in [-0.15, -0.1) is 0 Å². The van der Waals surface area contributed by atoms with Crippen LogP contribution in [0.15, 0.2) is 48.5 Å². The van der Waals surface area contributed by atoms with E-state index in [1.807, 2.05) is 42.5 Å². The molecule has 2 aromatic carbocycles. The van der Waals surface area contributed by atoms with E-state index in [2.05, 4.69) is 11.8 Å². The molecule has 0 saturated heterocycles. The van der Waals surface area contributed by atoms with Gasteiger partial charge in [0.1, 0.15) is 0 Å². The molecule has 4 nitrogen and oxygen atoms in total. The molecule has 0 saturated carbocycles. The van der Waals surface area contributed by atoms with E-state index in [4.69, 9.17) is 11.5 Å². The van der Waals surface area contributed by atoms with Crippen LogP contribution >= 0.6 is 0 Å². The van der Waals surface area contributed by atoms with Gasteiger partial charge in [-0.2, -0.15) is 0 Å². The van der Waals surface area contributed by atoms with E-state index in [1.54, 1.807) is 6.07 Å². The van der Waals surface area contributed by atoms with E-state index < -0.39 is 5.91 Å². The lowest BCUT2D eigenvalue weighted by Crippen LogP contribution is -2.24. The van der Waals surface area contributed by atoms with E-state index in [-0.39, 0.29) is 0 Å². The lowest BCUT2D eigenvalue weighted by atomic mass is 10.1. The molecule has 0 atom stereocenters. The minimum absolute atomic E-state index is 0.394. The Hall–Kier alpha value is -2.49. The summed E-state index contributed by atoms with van der Waals surface area (Å²) < 4.78 is 0. The van der Waals surface area contributed by atoms with Gasteiger partial charge in [-0.05, 0) is 42.8 Å². The van der Waals surface area contributed by atoms with E-state index in [1.165, 1.54) is 0 Å². The smallest absolute Gasteiger partial charge is 0.249 e. The fourth-order valence-corrected chi connectivity index (χ4v) is 2.17. The predicted molar refractivity (Wildman–Crippen MR) is 82.5 cm³/mol. The topological polar surface area (TPSA) is 72.3 Å². The van der Waals surface area contributed by atoms with Crippen LogP contribution in [0.3, 0.4) is 0 Å². The standard InChI is InChI=1S/C16H19N3O/c1-2-19(14-9-7-13(17)8-10-14)11-12-5-3-4-6-15(12)16(18)20/h3-10H,2,11,17H2,1H3,(H2,18,20). The number of hydrogen-bond donors (Lipinski definition) is 2. The Morgan fingerprint density at radius 1 is 1.10 bits per heavy atom. The normalized spacial score (nSPS) is 10.2. The van der Waals surface area contributed by atoms with Gasteiger partial charge >= 0.3 is 0 Å². The molecule has 0 bridgehead atoms. The zero-order valence-electron chi connectivity index (χ0n) is 11.5. The highest BCUT2D eigenvalue weighted by Crippen LogP contribution is 2.20. The van der Waals surface area contributed by atoms with Crippen LogP contribution in [-0.4, -0.2) is 12.5 Å². The molecule has 0 spiro atoms. The van der Waals surface area contributed by atoms with Crippen molar-refractivity contribution in [3.05, 3.63) is 59.7 Å². The molecular formula is C16H19N3O. The maximum absolute atomic E-state index is 11.5. The Morgan fingerprint density at radius 2 is 1.75 bits per heavy atom. The summed E-state index contributed by atoms with van der Waals surface area (Å²) in [4.78, 5) is 13.6. The largest absolute Gasteiger partial charge is 0.399 e. The minimum Gasteiger partial charge on any atom is -0.399 e. The van der Waals surface area contributed by atoms with Gasteiger partial charge < -0.3 is 16.4 Å². The number of nitrogen functional groups attached to an aromatic ring is 1. The summed E-state index contributed by atoms with van der Waals surface area (Å²) in [6.07, 6.45) is 0. The monoisotopic (exact) mass is 269 g/mol. The zero-order chi connectivity index (χ0) is 14.5. The van der Waals surface area contributed by atoms with Gasteiger partial charge in [0, 0.05) is 30.0 Å². The fraction of sp³-hybridized carbons (Fsp3) is 0.188. The number of carbonyl (C=O) groups excluding carboxylic acids is 1. The number of carbonyl (C=O) groups is 1. The van der Waals surface area contributed by atoms with Crippen molar-refractivity contribution in [1.82, 2.24) is 0 Å². The summed E-state index contributed by atoms with van der Waals surface area (Å²) in [5, 5.41) is 0.